The van der Waals surface area contributed by atoms with Crippen molar-refractivity contribution in [2.45, 2.75) is 19.9 Å². The molecule has 3 heteroatoms. The van der Waals surface area contributed by atoms with Gasteiger partial charge in [0.1, 0.15) is 0 Å². The molecule has 0 radical (unpaired) electrons. The number of hydrogen-bond donors (Lipinski definition) is 1. The number of hydrogen-bond acceptors (Lipinski definition) is 2. The Labute approximate surface area is 114 Å². The van der Waals surface area contributed by atoms with Crippen LogP contribution < -0.4 is 5.32 Å². The predicted molar refractivity (Wildman–Crippen MR) is 80.3 cm³/mol. The molecular formula is C13H14INS. The van der Waals surface area contributed by atoms with Crippen LogP contribution in [0.5, 0.6) is 0 Å². The molecule has 1 unspecified atom stereocenters. The highest BCUT2D eigenvalue weighted by Crippen LogP contribution is 2.24. The molecule has 0 aliphatic rings. The molecule has 0 fully saturated rings. The van der Waals surface area contributed by atoms with Crippen LogP contribution in [0.25, 0.3) is 0 Å². The Morgan fingerprint density at radius 2 is 2.12 bits per heavy atom. The van der Waals surface area contributed by atoms with Crippen molar-refractivity contribution in [1.29, 1.82) is 0 Å². The van der Waals surface area contributed by atoms with Crippen LogP contribution in [0.1, 0.15) is 24.1 Å². The average Bonchev–Trinajstić information content (AvgIpc) is 2.75. The highest BCUT2D eigenvalue weighted by Gasteiger charge is 2.06. The van der Waals surface area contributed by atoms with Crippen molar-refractivity contribution < 1.29 is 0 Å². The molecule has 0 saturated heterocycles. The maximum Gasteiger partial charge on any atom is 0.0493 e. The number of benzene rings is 1. The topological polar surface area (TPSA) is 12.0 Å². The summed E-state index contributed by atoms with van der Waals surface area (Å²) in [6.07, 6.45) is 0. The monoisotopic (exact) mass is 343 g/mol. The van der Waals surface area contributed by atoms with Gasteiger partial charge in [-0.3, -0.25) is 0 Å². The normalized spacial score (nSPS) is 12.4. The number of nitrogens with one attached hydrogen (secondary N) is 1. The Balaban J connectivity index is 2.15. The van der Waals surface area contributed by atoms with Crippen molar-refractivity contribution >= 4 is 39.6 Å². The minimum Gasteiger partial charge on any atom is -0.378 e. The number of aryl methyl sites for hydroxylation is 1. The number of anilines is 1. The third-order valence-corrected chi connectivity index (χ3v) is 3.98. The summed E-state index contributed by atoms with van der Waals surface area (Å²) in [5.74, 6) is 0. The maximum absolute atomic E-state index is 3.54. The van der Waals surface area contributed by atoms with E-state index in [2.05, 4.69) is 76.8 Å². The zero-order valence-electron chi connectivity index (χ0n) is 9.33. The third-order valence-electron chi connectivity index (χ3n) is 2.60. The van der Waals surface area contributed by atoms with Gasteiger partial charge >= 0.3 is 0 Å². The van der Waals surface area contributed by atoms with E-state index in [0.717, 1.165) is 0 Å². The zero-order chi connectivity index (χ0) is 11.5. The first-order chi connectivity index (χ1) is 7.66. The van der Waals surface area contributed by atoms with E-state index < -0.39 is 0 Å². The minimum absolute atomic E-state index is 0.366. The van der Waals surface area contributed by atoms with Crippen molar-refractivity contribution in [3.8, 4) is 0 Å². The summed E-state index contributed by atoms with van der Waals surface area (Å²) in [6.45, 7) is 4.34. The molecule has 1 aromatic heterocycles. The summed E-state index contributed by atoms with van der Waals surface area (Å²) >= 11 is 4.08. The lowest BCUT2D eigenvalue weighted by atomic mass is 10.1. The molecule has 0 aliphatic carbocycles. The summed E-state index contributed by atoms with van der Waals surface area (Å²) < 4.78 is 1.28. The van der Waals surface area contributed by atoms with Gasteiger partial charge in [0.25, 0.3) is 0 Å². The number of thiophene rings is 1. The first kappa shape index (κ1) is 11.9. The minimum atomic E-state index is 0.366. The molecule has 0 saturated carbocycles. The van der Waals surface area contributed by atoms with Gasteiger partial charge in [0.2, 0.25) is 0 Å². The highest BCUT2D eigenvalue weighted by molar-refractivity contribution is 14.1. The van der Waals surface area contributed by atoms with E-state index >= 15 is 0 Å². The van der Waals surface area contributed by atoms with E-state index in [1.54, 1.807) is 11.3 Å². The molecule has 16 heavy (non-hydrogen) atoms. The lowest BCUT2D eigenvalue weighted by Gasteiger charge is -2.16. The smallest absolute Gasteiger partial charge is 0.0493 e. The number of halogens is 1. The Kier molecular flexibility index (Phi) is 3.86. The molecule has 0 spiro atoms. The van der Waals surface area contributed by atoms with Gasteiger partial charge in [-0.2, -0.15) is 11.3 Å². The van der Waals surface area contributed by atoms with Gasteiger partial charge in [0.15, 0.2) is 0 Å². The molecule has 0 aliphatic heterocycles. The summed E-state index contributed by atoms with van der Waals surface area (Å²) in [7, 11) is 0. The fourth-order valence-electron chi connectivity index (χ4n) is 1.63. The standard InChI is InChI=1S/C13H14INS/c1-9-7-12(14)3-4-13(9)15-10(2)11-5-6-16-8-11/h3-8,10,15H,1-2H3. The molecule has 1 heterocycles. The van der Waals surface area contributed by atoms with Gasteiger partial charge in [-0.05, 0) is 82.6 Å². The summed E-state index contributed by atoms with van der Waals surface area (Å²) in [5.41, 5.74) is 3.87. The van der Waals surface area contributed by atoms with Crippen LogP contribution in [0.4, 0.5) is 5.69 Å². The first-order valence-electron chi connectivity index (χ1n) is 5.21. The van der Waals surface area contributed by atoms with E-state index in [9.17, 15) is 0 Å². The van der Waals surface area contributed by atoms with Crippen LogP contribution >= 0.6 is 33.9 Å². The van der Waals surface area contributed by atoms with Crippen molar-refractivity contribution in [1.82, 2.24) is 0 Å². The van der Waals surface area contributed by atoms with Crippen molar-refractivity contribution in [2.75, 3.05) is 5.32 Å². The molecular weight excluding hydrogens is 329 g/mol. The molecule has 84 valence electrons. The molecule has 0 bridgehead atoms. The Morgan fingerprint density at radius 3 is 2.75 bits per heavy atom. The fourth-order valence-corrected chi connectivity index (χ4v) is 3.03. The van der Waals surface area contributed by atoms with Crippen LogP contribution in [0, 0.1) is 10.5 Å². The molecule has 2 rings (SSSR count). The van der Waals surface area contributed by atoms with Gasteiger partial charge in [0.05, 0.1) is 0 Å². The second-order valence-corrected chi connectivity index (χ2v) is 5.91. The van der Waals surface area contributed by atoms with Gasteiger partial charge in [-0.25, -0.2) is 0 Å². The van der Waals surface area contributed by atoms with E-state index in [1.165, 1.54) is 20.4 Å². The van der Waals surface area contributed by atoms with E-state index in [0.29, 0.717) is 6.04 Å². The highest BCUT2D eigenvalue weighted by atomic mass is 127. The van der Waals surface area contributed by atoms with Crippen molar-refractivity contribution in [3.05, 3.63) is 49.7 Å². The lowest BCUT2D eigenvalue weighted by Crippen LogP contribution is -2.06. The van der Waals surface area contributed by atoms with Gasteiger partial charge in [0, 0.05) is 15.3 Å². The van der Waals surface area contributed by atoms with Crippen molar-refractivity contribution in [3.63, 3.8) is 0 Å². The van der Waals surface area contributed by atoms with E-state index in [1.807, 2.05) is 0 Å². The van der Waals surface area contributed by atoms with Gasteiger partial charge in [-0.1, -0.05) is 0 Å². The van der Waals surface area contributed by atoms with E-state index in [-0.39, 0.29) is 0 Å². The van der Waals surface area contributed by atoms with Crippen LogP contribution in [0.2, 0.25) is 0 Å². The predicted octanol–water partition coefficient (Wildman–Crippen LogP) is 4.83. The molecule has 1 aromatic carbocycles. The van der Waals surface area contributed by atoms with Crippen LogP contribution in [0.3, 0.4) is 0 Å². The average molecular weight is 343 g/mol. The molecule has 1 N–H and O–H groups in total. The lowest BCUT2D eigenvalue weighted by molar-refractivity contribution is 0.888. The van der Waals surface area contributed by atoms with Crippen LogP contribution in [-0.2, 0) is 0 Å². The largest absolute Gasteiger partial charge is 0.378 e. The first-order valence-corrected chi connectivity index (χ1v) is 7.24. The van der Waals surface area contributed by atoms with E-state index in [4.69, 9.17) is 0 Å². The third kappa shape index (κ3) is 2.77. The Bertz CT molecular complexity index is 465. The summed E-state index contributed by atoms with van der Waals surface area (Å²) in [4.78, 5) is 0. The van der Waals surface area contributed by atoms with Crippen LogP contribution in [-0.4, -0.2) is 0 Å². The molecule has 0 amide bonds. The fraction of sp³-hybridized carbons (Fsp3) is 0.231. The molecule has 2 aromatic rings. The summed E-state index contributed by atoms with van der Waals surface area (Å²) in [5, 5.41) is 7.86. The maximum atomic E-state index is 3.54. The van der Waals surface area contributed by atoms with Gasteiger partial charge in [-0.15, -0.1) is 0 Å². The quantitative estimate of drug-likeness (QED) is 0.787. The molecule has 1 atom stereocenters. The number of rotatable bonds is 3. The summed E-state index contributed by atoms with van der Waals surface area (Å²) in [6, 6.07) is 9.02. The van der Waals surface area contributed by atoms with Gasteiger partial charge < -0.3 is 5.32 Å². The van der Waals surface area contributed by atoms with Crippen molar-refractivity contribution in [2.24, 2.45) is 0 Å². The Morgan fingerprint density at radius 1 is 1.31 bits per heavy atom. The Hall–Kier alpha value is -0.550. The second kappa shape index (κ2) is 5.19. The molecule has 1 nitrogen and oxygen atoms in total. The second-order valence-electron chi connectivity index (χ2n) is 3.88. The zero-order valence-corrected chi connectivity index (χ0v) is 12.3. The SMILES string of the molecule is Cc1cc(I)ccc1NC(C)c1ccsc1. The van der Waals surface area contributed by atoms with Crippen LogP contribution in [0.15, 0.2) is 35.0 Å².